The molecular weight excluding hydrogens is 430 g/mol. The van der Waals surface area contributed by atoms with Crippen molar-refractivity contribution in [3.63, 3.8) is 0 Å². The Balaban J connectivity index is 1.72. The minimum absolute atomic E-state index is 0.0803. The first-order chi connectivity index (χ1) is 15.4. The third kappa shape index (κ3) is 5.73. The minimum Gasteiger partial charge on any atom is -0.497 e. The molecule has 3 N–H and O–H groups in total. The lowest BCUT2D eigenvalue weighted by Gasteiger charge is -2.12. The van der Waals surface area contributed by atoms with Crippen molar-refractivity contribution in [3.8, 4) is 17.0 Å². The van der Waals surface area contributed by atoms with E-state index < -0.39 is 10.8 Å². The van der Waals surface area contributed by atoms with Crippen molar-refractivity contribution < 1.29 is 14.3 Å². The maximum absolute atomic E-state index is 12.7. The molecule has 3 rings (SSSR count). The van der Waals surface area contributed by atoms with Crippen LogP contribution in [0.4, 0.5) is 11.4 Å². The molecule has 0 unspecified atom stereocenters. The number of para-hydroxylation sites is 1. The number of carbonyl (C=O) groups is 2. The van der Waals surface area contributed by atoms with E-state index in [-0.39, 0.29) is 22.7 Å². The lowest BCUT2D eigenvalue weighted by Crippen LogP contribution is -2.23. The molecule has 3 aromatic rings. The molecule has 0 aliphatic rings. The average molecular weight is 454 g/mol. The number of nitrogens with zero attached hydrogens (tertiary/aromatic N) is 2. The Kier molecular flexibility index (Phi) is 7.61. The Morgan fingerprint density at radius 1 is 1.09 bits per heavy atom. The van der Waals surface area contributed by atoms with Gasteiger partial charge in [-0.25, -0.2) is 0 Å². The fraction of sp³-hybridized carbons (Fsp3) is 0.227. The molecule has 10 heteroatoms. The first-order valence-electron chi connectivity index (χ1n) is 9.89. The van der Waals surface area contributed by atoms with Gasteiger partial charge in [0.1, 0.15) is 5.75 Å². The number of methoxy groups -OCH3 is 1. The van der Waals surface area contributed by atoms with Gasteiger partial charge in [0.15, 0.2) is 10.9 Å². The number of anilines is 2. The number of benzene rings is 2. The van der Waals surface area contributed by atoms with Gasteiger partial charge in [-0.2, -0.15) is 0 Å². The van der Waals surface area contributed by atoms with E-state index in [2.05, 4.69) is 25.8 Å². The van der Waals surface area contributed by atoms with Gasteiger partial charge in [0.05, 0.1) is 18.0 Å². The molecule has 0 saturated carbocycles. The van der Waals surface area contributed by atoms with E-state index in [1.807, 2.05) is 0 Å². The molecule has 1 aromatic heterocycles. The van der Waals surface area contributed by atoms with Crippen LogP contribution in [0.1, 0.15) is 20.3 Å². The molecule has 0 bridgehead atoms. The Labute approximate surface area is 189 Å². The second-order valence-corrected chi connectivity index (χ2v) is 8.06. The molecular formula is C22H23N5O4S. The van der Waals surface area contributed by atoms with Crippen LogP contribution in [0, 0.1) is 0 Å². The summed E-state index contributed by atoms with van der Waals surface area (Å²) >= 11 is 1.08. The van der Waals surface area contributed by atoms with Crippen LogP contribution in [-0.2, 0) is 9.59 Å². The zero-order valence-corrected chi connectivity index (χ0v) is 18.7. The van der Waals surface area contributed by atoms with E-state index >= 15 is 0 Å². The second-order valence-electron chi connectivity index (χ2n) is 6.73. The highest BCUT2D eigenvalue weighted by molar-refractivity contribution is 8.00. The molecule has 0 aliphatic heterocycles. The third-order valence-corrected chi connectivity index (χ3v) is 5.44. The number of carbonyl (C=O) groups excluding carboxylic acids is 2. The summed E-state index contributed by atoms with van der Waals surface area (Å²) in [6.45, 7) is 3.44. The van der Waals surface area contributed by atoms with Gasteiger partial charge in [-0.1, -0.05) is 36.9 Å². The molecule has 9 nitrogen and oxygen atoms in total. The topological polar surface area (TPSA) is 126 Å². The van der Waals surface area contributed by atoms with Crippen molar-refractivity contribution in [1.82, 2.24) is 15.2 Å². The van der Waals surface area contributed by atoms with Crippen LogP contribution in [0.15, 0.2) is 58.5 Å². The van der Waals surface area contributed by atoms with Gasteiger partial charge in [-0.3, -0.25) is 19.4 Å². The number of ether oxygens (including phenoxy) is 1. The van der Waals surface area contributed by atoms with Crippen LogP contribution in [0.25, 0.3) is 11.3 Å². The van der Waals surface area contributed by atoms with E-state index in [4.69, 9.17) is 4.74 Å². The van der Waals surface area contributed by atoms with Crippen LogP contribution in [0.2, 0.25) is 0 Å². The fourth-order valence-corrected chi connectivity index (χ4v) is 3.47. The van der Waals surface area contributed by atoms with Crippen LogP contribution >= 0.6 is 11.8 Å². The molecule has 0 saturated heterocycles. The Morgan fingerprint density at radius 2 is 1.81 bits per heavy atom. The van der Waals surface area contributed by atoms with Gasteiger partial charge >= 0.3 is 0 Å². The summed E-state index contributed by atoms with van der Waals surface area (Å²) in [5.41, 5.74) is 1.18. The van der Waals surface area contributed by atoms with Gasteiger partial charge in [0.25, 0.3) is 5.56 Å². The minimum atomic E-state index is -0.538. The van der Waals surface area contributed by atoms with Crippen LogP contribution in [0.3, 0.4) is 0 Å². The van der Waals surface area contributed by atoms with E-state index in [9.17, 15) is 14.4 Å². The second kappa shape index (κ2) is 10.6. The van der Waals surface area contributed by atoms with Gasteiger partial charge in [-0.05, 0) is 37.3 Å². The first-order valence-corrected chi connectivity index (χ1v) is 10.8. The number of hydrogen-bond acceptors (Lipinski definition) is 7. The number of thioether (sulfide) groups is 1. The molecule has 0 spiro atoms. The number of aromatic amines is 1. The van der Waals surface area contributed by atoms with Crippen LogP contribution in [-0.4, -0.2) is 39.4 Å². The van der Waals surface area contributed by atoms with E-state index in [1.165, 1.54) is 0 Å². The summed E-state index contributed by atoms with van der Waals surface area (Å²) in [7, 11) is 1.57. The maximum Gasteiger partial charge on any atom is 0.278 e. The molecule has 2 amide bonds. The summed E-state index contributed by atoms with van der Waals surface area (Å²) in [5.74, 6) is 0.263. The van der Waals surface area contributed by atoms with Crippen molar-refractivity contribution in [1.29, 1.82) is 0 Å². The Hall–Kier alpha value is -3.66. The van der Waals surface area contributed by atoms with Gasteiger partial charge in [0, 0.05) is 17.7 Å². The Bertz CT molecular complexity index is 1160. The fourth-order valence-electron chi connectivity index (χ4n) is 2.73. The highest BCUT2D eigenvalue weighted by atomic mass is 32.2. The maximum atomic E-state index is 12.7. The first kappa shape index (κ1) is 23.0. The SMILES string of the molecule is CCC(=O)Nc1ccccc1-c1nnc(S[C@@H](C)C(=O)Nc2ccc(OC)cc2)[nH]c1=O. The van der Waals surface area contributed by atoms with Gasteiger partial charge < -0.3 is 15.4 Å². The zero-order chi connectivity index (χ0) is 23.1. The molecule has 2 aromatic carbocycles. The van der Waals surface area contributed by atoms with Crippen molar-refractivity contribution >= 4 is 35.0 Å². The number of nitrogens with one attached hydrogen (secondary N) is 3. The van der Waals surface area contributed by atoms with Crippen molar-refractivity contribution in [3.05, 3.63) is 58.9 Å². The number of H-pyrrole nitrogens is 1. The summed E-state index contributed by atoms with van der Waals surface area (Å²) in [6.07, 6.45) is 0.308. The molecule has 166 valence electrons. The van der Waals surface area contributed by atoms with Crippen LogP contribution < -0.4 is 20.9 Å². The molecule has 32 heavy (non-hydrogen) atoms. The van der Waals surface area contributed by atoms with Crippen molar-refractivity contribution in [2.75, 3.05) is 17.7 Å². The predicted octanol–water partition coefficient (Wildman–Crippen LogP) is 3.31. The highest BCUT2D eigenvalue weighted by Crippen LogP contribution is 2.25. The van der Waals surface area contributed by atoms with Crippen molar-refractivity contribution in [2.45, 2.75) is 30.7 Å². The lowest BCUT2D eigenvalue weighted by molar-refractivity contribution is -0.116. The monoisotopic (exact) mass is 453 g/mol. The third-order valence-electron chi connectivity index (χ3n) is 4.47. The summed E-state index contributed by atoms with van der Waals surface area (Å²) in [5, 5.41) is 13.3. The number of rotatable bonds is 8. The standard InChI is InChI=1S/C22H23N5O4S/c1-4-18(28)24-17-8-6-5-7-16(17)19-21(30)25-22(27-26-19)32-13(2)20(29)23-14-9-11-15(31-3)12-10-14/h5-13H,4H2,1-3H3,(H,23,29)(H,24,28)(H,25,27,30)/t13-/m0/s1. The Morgan fingerprint density at radius 3 is 2.47 bits per heavy atom. The summed E-state index contributed by atoms with van der Waals surface area (Å²) < 4.78 is 5.10. The van der Waals surface area contributed by atoms with E-state index in [1.54, 1.807) is 69.5 Å². The van der Waals surface area contributed by atoms with Crippen molar-refractivity contribution in [2.24, 2.45) is 0 Å². The van der Waals surface area contributed by atoms with Crippen LogP contribution in [0.5, 0.6) is 5.75 Å². The zero-order valence-electron chi connectivity index (χ0n) is 17.8. The lowest BCUT2D eigenvalue weighted by atomic mass is 10.1. The van der Waals surface area contributed by atoms with E-state index in [0.717, 1.165) is 11.8 Å². The highest BCUT2D eigenvalue weighted by Gasteiger charge is 2.18. The van der Waals surface area contributed by atoms with E-state index in [0.29, 0.717) is 29.1 Å². The quantitative estimate of drug-likeness (QED) is 0.447. The smallest absolute Gasteiger partial charge is 0.278 e. The number of hydrogen-bond donors (Lipinski definition) is 3. The van der Waals surface area contributed by atoms with Gasteiger partial charge in [-0.15, -0.1) is 10.2 Å². The van der Waals surface area contributed by atoms with Gasteiger partial charge in [0.2, 0.25) is 11.8 Å². The predicted molar refractivity (Wildman–Crippen MR) is 124 cm³/mol. The largest absolute Gasteiger partial charge is 0.497 e. The number of aromatic nitrogens is 3. The molecule has 0 aliphatic carbocycles. The number of amides is 2. The molecule has 1 heterocycles. The summed E-state index contributed by atoms with van der Waals surface area (Å²) in [6, 6.07) is 13.8. The normalized spacial score (nSPS) is 11.5. The summed E-state index contributed by atoms with van der Waals surface area (Å²) in [4.78, 5) is 39.6. The molecule has 1 atom stereocenters. The average Bonchev–Trinajstić information content (AvgIpc) is 2.80. The molecule has 0 fully saturated rings. The molecule has 0 radical (unpaired) electrons.